The standard InChI is InChI=1S/C52H106N2O4/c1-5-9-13-17-20-21-22-23-26-32-45-57-49-52(58-46-34-27-19-15-11-7-3)47-53(40-41-54(42-43-55)51-37-38-51)39-31-25-28-33-44-56-48-50(35-29-16-12-8-4)36-30-24-18-14-10-6-2/h50-52,55H,5-49H2,1-4H3. The van der Waals surface area contributed by atoms with Crippen molar-refractivity contribution in [1.29, 1.82) is 0 Å². The first-order valence-corrected chi connectivity index (χ1v) is 26.5. The van der Waals surface area contributed by atoms with Gasteiger partial charge in [-0.05, 0) is 63.8 Å². The van der Waals surface area contributed by atoms with Gasteiger partial charge in [0.25, 0.3) is 0 Å². The third kappa shape index (κ3) is 37.5. The topological polar surface area (TPSA) is 54.4 Å². The molecule has 1 rings (SSSR count). The van der Waals surface area contributed by atoms with E-state index in [4.69, 9.17) is 14.2 Å². The highest BCUT2D eigenvalue weighted by Gasteiger charge is 2.28. The normalized spacial score (nSPS) is 14.3. The minimum absolute atomic E-state index is 0.130. The SMILES string of the molecule is CCCCCCCCCCCCOCC(CN(CCCCCCOCC(CCCCCC)CCCCCCCC)CCN(CCO)C1CC1)OCCCCCCCC. The number of ether oxygens (including phenoxy) is 3. The van der Waals surface area contributed by atoms with E-state index in [9.17, 15) is 5.11 Å². The second kappa shape index (κ2) is 44.8. The molecule has 348 valence electrons. The molecule has 0 saturated heterocycles. The van der Waals surface area contributed by atoms with Gasteiger partial charge in [0.2, 0.25) is 0 Å². The molecule has 1 aliphatic rings. The summed E-state index contributed by atoms with van der Waals surface area (Å²) in [6.07, 6.45) is 45.5. The van der Waals surface area contributed by atoms with Crippen LogP contribution in [0.3, 0.4) is 0 Å². The van der Waals surface area contributed by atoms with Crippen LogP contribution in [0, 0.1) is 5.92 Å². The number of rotatable bonds is 50. The number of aliphatic hydroxyl groups is 1. The summed E-state index contributed by atoms with van der Waals surface area (Å²) >= 11 is 0. The Bertz CT molecular complexity index is 782. The summed E-state index contributed by atoms with van der Waals surface area (Å²) in [5.41, 5.74) is 0. The lowest BCUT2D eigenvalue weighted by Crippen LogP contribution is -2.43. The molecule has 1 fully saturated rings. The predicted octanol–water partition coefficient (Wildman–Crippen LogP) is 14.3. The van der Waals surface area contributed by atoms with Gasteiger partial charge in [-0.2, -0.15) is 0 Å². The van der Waals surface area contributed by atoms with Crippen LogP contribution >= 0.6 is 0 Å². The number of unbranched alkanes of at least 4 members (excludes halogenated alkanes) is 25. The third-order valence-corrected chi connectivity index (χ3v) is 12.7. The number of hydrogen-bond acceptors (Lipinski definition) is 6. The summed E-state index contributed by atoms with van der Waals surface area (Å²) in [7, 11) is 0. The molecular weight excluding hydrogens is 717 g/mol. The zero-order chi connectivity index (χ0) is 41.8. The Hall–Kier alpha value is -0.240. The molecule has 0 heterocycles. The first kappa shape index (κ1) is 55.8. The zero-order valence-electron chi connectivity index (χ0n) is 40.1. The minimum atomic E-state index is 0.130. The molecule has 0 aromatic heterocycles. The second-order valence-electron chi connectivity index (χ2n) is 18.6. The number of aliphatic hydroxyl groups excluding tert-OH is 1. The lowest BCUT2D eigenvalue weighted by atomic mass is 9.95. The molecule has 0 aromatic carbocycles. The molecule has 0 spiro atoms. The summed E-state index contributed by atoms with van der Waals surface area (Å²) in [6.45, 7) is 18.8. The number of hydrogen-bond donors (Lipinski definition) is 1. The first-order valence-electron chi connectivity index (χ1n) is 26.5. The maximum absolute atomic E-state index is 9.78. The zero-order valence-corrected chi connectivity index (χ0v) is 40.1. The van der Waals surface area contributed by atoms with Gasteiger partial charge in [0.1, 0.15) is 0 Å². The average Bonchev–Trinajstić information content (AvgIpc) is 4.08. The van der Waals surface area contributed by atoms with Crippen LogP contribution in [0.15, 0.2) is 0 Å². The van der Waals surface area contributed by atoms with Crippen molar-refractivity contribution in [1.82, 2.24) is 9.80 Å². The Morgan fingerprint density at radius 3 is 1.38 bits per heavy atom. The van der Waals surface area contributed by atoms with E-state index >= 15 is 0 Å². The van der Waals surface area contributed by atoms with Crippen LogP contribution in [0.2, 0.25) is 0 Å². The minimum Gasteiger partial charge on any atom is -0.395 e. The predicted molar refractivity (Wildman–Crippen MR) is 253 cm³/mol. The lowest BCUT2D eigenvalue weighted by Gasteiger charge is -2.30. The van der Waals surface area contributed by atoms with Crippen LogP contribution in [-0.4, -0.2) is 99.4 Å². The van der Waals surface area contributed by atoms with E-state index < -0.39 is 0 Å². The molecule has 1 N–H and O–H groups in total. The Morgan fingerprint density at radius 2 is 0.879 bits per heavy atom. The molecule has 1 saturated carbocycles. The van der Waals surface area contributed by atoms with E-state index in [0.717, 1.165) is 71.5 Å². The van der Waals surface area contributed by atoms with Crippen molar-refractivity contribution in [3.8, 4) is 0 Å². The van der Waals surface area contributed by atoms with Crippen molar-refractivity contribution in [3.05, 3.63) is 0 Å². The summed E-state index contributed by atoms with van der Waals surface area (Å²) in [4.78, 5) is 5.20. The second-order valence-corrected chi connectivity index (χ2v) is 18.6. The van der Waals surface area contributed by atoms with E-state index in [1.807, 2.05) is 0 Å². The molecule has 58 heavy (non-hydrogen) atoms. The molecule has 6 heteroatoms. The van der Waals surface area contributed by atoms with Crippen molar-refractivity contribution >= 4 is 0 Å². The molecule has 0 amide bonds. The maximum atomic E-state index is 9.78. The molecule has 0 aromatic rings. The van der Waals surface area contributed by atoms with Crippen molar-refractivity contribution in [2.45, 2.75) is 258 Å². The highest BCUT2D eigenvalue weighted by Crippen LogP contribution is 2.26. The summed E-state index contributed by atoms with van der Waals surface area (Å²) in [6, 6.07) is 0.680. The van der Waals surface area contributed by atoms with E-state index in [0.29, 0.717) is 12.6 Å². The molecule has 6 nitrogen and oxygen atoms in total. The van der Waals surface area contributed by atoms with Crippen LogP contribution < -0.4 is 0 Å². The quantitative estimate of drug-likeness (QED) is 0.0617. The Morgan fingerprint density at radius 1 is 0.448 bits per heavy atom. The fourth-order valence-electron chi connectivity index (χ4n) is 8.62. The van der Waals surface area contributed by atoms with Gasteiger partial charge in [0, 0.05) is 58.6 Å². The maximum Gasteiger partial charge on any atom is 0.0934 e. The Balaban J connectivity index is 2.56. The van der Waals surface area contributed by atoms with Gasteiger partial charge < -0.3 is 19.3 Å². The van der Waals surface area contributed by atoms with E-state index in [2.05, 4.69) is 37.5 Å². The van der Waals surface area contributed by atoms with Crippen LogP contribution in [0.1, 0.15) is 246 Å². The summed E-state index contributed by atoms with van der Waals surface area (Å²) < 4.78 is 19.3. The van der Waals surface area contributed by atoms with Gasteiger partial charge in [0.05, 0.1) is 19.3 Å². The fraction of sp³-hybridized carbons (Fsp3) is 1.00. The van der Waals surface area contributed by atoms with Crippen molar-refractivity contribution < 1.29 is 19.3 Å². The fourth-order valence-corrected chi connectivity index (χ4v) is 8.62. The van der Waals surface area contributed by atoms with Gasteiger partial charge in [-0.15, -0.1) is 0 Å². The first-order chi connectivity index (χ1) is 28.7. The monoisotopic (exact) mass is 823 g/mol. The van der Waals surface area contributed by atoms with Gasteiger partial charge in [0.15, 0.2) is 0 Å². The summed E-state index contributed by atoms with van der Waals surface area (Å²) in [5, 5.41) is 9.78. The highest BCUT2D eigenvalue weighted by molar-refractivity contribution is 4.85. The molecule has 0 bridgehead atoms. The molecule has 0 aliphatic heterocycles. The van der Waals surface area contributed by atoms with Crippen molar-refractivity contribution in [2.75, 3.05) is 72.4 Å². The largest absolute Gasteiger partial charge is 0.395 e. The molecule has 2 unspecified atom stereocenters. The molecule has 0 radical (unpaired) electrons. The Labute approximate surface area is 364 Å². The van der Waals surface area contributed by atoms with Gasteiger partial charge in [-0.1, -0.05) is 195 Å². The van der Waals surface area contributed by atoms with Gasteiger partial charge in [-0.25, -0.2) is 0 Å². The third-order valence-electron chi connectivity index (χ3n) is 12.7. The van der Waals surface area contributed by atoms with E-state index in [1.54, 1.807) is 0 Å². The van der Waals surface area contributed by atoms with Crippen LogP contribution in [0.4, 0.5) is 0 Å². The van der Waals surface area contributed by atoms with Crippen molar-refractivity contribution in [2.24, 2.45) is 5.92 Å². The van der Waals surface area contributed by atoms with Crippen LogP contribution in [-0.2, 0) is 14.2 Å². The number of nitrogens with zero attached hydrogens (tertiary/aromatic N) is 2. The highest BCUT2D eigenvalue weighted by atomic mass is 16.5. The van der Waals surface area contributed by atoms with Crippen LogP contribution in [0.5, 0.6) is 0 Å². The van der Waals surface area contributed by atoms with E-state index in [1.165, 1.54) is 212 Å². The summed E-state index contributed by atoms with van der Waals surface area (Å²) in [5.74, 6) is 0.757. The van der Waals surface area contributed by atoms with Crippen LogP contribution in [0.25, 0.3) is 0 Å². The van der Waals surface area contributed by atoms with Crippen molar-refractivity contribution in [3.63, 3.8) is 0 Å². The van der Waals surface area contributed by atoms with Gasteiger partial charge in [-0.3, -0.25) is 9.80 Å². The van der Waals surface area contributed by atoms with E-state index in [-0.39, 0.29) is 12.7 Å². The smallest absolute Gasteiger partial charge is 0.0934 e. The van der Waals surface area contributed by atoms with Gasteiger partial charge >= 0.3 is 0 Å². The molecule has 2 atom stereocenters. The lowest BCUT2D eigenvalue weighted by molar-refractivity contribution is -0.0355. The Kier molecular flexibility index (Phi) is 43.1. The average molecular weight is 823 g/mol. The molecule has 1 aliphatic carbocycles. The molecular formula is C52H106N2O4.